The van der Waals surface area contributed by atoms with Crippen LogP contribution in [0.15, 0.2) is 77.7 Å². The molecular formula is C29H32N4O3S. The van der Waals surface area contributed by atoms with Crippen molar-refractivity contribution in [3.8, 4) is 6.07 Å². The third kappa shape index (κ3) is 7.28. The van der Waals surface area contributed by atoms with Gasteiger partial charge in [0.05, 0.1) is 22.2 Å². The van der Waals surface area contributed by atoms with E-state index in [4.69, 9.17) is 0 Å². The molecule has 0 saturated heterocycles. The van der Waals surface area contributed by atoms with Crippen molar-refractivity contribution in [3.63, 3.8) is 0 Å². The average molecular weight is 517 g/mol. The summed E-state index contributed by atoms with van der Waals surface area (Å²) in [6.07, 6.45) is 1.23. The molecule has 0 aliphatic carbocycles. The summed E-state index contributed by atoms with van der Waals surface area (Å²) in [5.74, 6) is -0.454. The summed E-state index contributed by atoms with van der Waals surface area (Å²) in [5.41, 5.74) is 3.29. The van der Waals surface area contributed by atoms with Crippen molar-refractivity contribution in [2.45, 2.75) is 51.1 Å². The predicted molar refractivity (Wildman–Crippen MR) is 146 cm³/mol. The van der Waals surface area contributed by atoms with Crippen LogP contribution in [0.25, 0.3) is 0 Å². The van der Waals surface area contributed by atoms with E-state index in [1.807, 2.05) is 39.0 Å². The molecule has 0 aliphatic heterocycles. The summed E-state index contributed by atoms with van der Waals surface area (Å²) in [5, 5.41) is 15.2. The minimum absolute atomic E-state index is 0.154. The summed E-state index contributed by atoms with van der Waals surface area (Å²) in [4.78, 5) is 26.3. The second kappa shape index (κ2) is 13.4. The number of hydrogen-bond donors (Lipinski definition) is 2. The van der Waals surface area contributed by atoms with E-state index in [-0.39, 0.29) is 18.4 Å². The minimum Gasteiger partial charge on any atom is -0.352 e. The van der Waals surface area contributed by atoms with Gasteiger partial charge in [-0.1, -0.05) is 49.7 Å². The minimum atomic E-state index is -1.69. The summed E-state index contributed by atoms with van der Waals surface area (Å²) in [6.45, 7) is 6.61. The number of carbonyl (C=O) groups excluding carboxylic acids is 2. The highest BCUT2D eigenvalue weighted by Gasteiger charge is 2.30. The van der Waals surface area contributed by atoms with E-state index < -0.39 is 17.0 Å². The number of nitrogens with zero attached hydrogens (tertiary/aromatic N) is 2. The molecule has 0 fully saturated rings. The molecule has 3 rings (SSSR count). The summed E-state index contributed by atoms with van der Waals surface area (Å²) >= 11 is 0. The maximum absolute atomic E-state index is 13.8. The lowest BCUT2D eigenvalue weighted by Crippen LogP contribution is -2.47. The molecule has 2 amide bonds. The molecule has 0 radical (unpaired) electrons. The summed E-state index contributed by atoms with van der Waals surface area (Å²) < 4.78 is 15.3. The second-order valence-corrected chi connectivity index (χ2v) is 10.0. The van der Waals surface area contributed by atoms with Crippen molar-refractivity contribution < 1.29 is 13.8 Å². The molecule has 7 nitrogen and oxygen atoms in total. The lowest BCUT2D eigenvalue weighted by atomic mass is 10.1. The highest BCUT2D eigenvalue weighted by atomic mass is 32.2. The SMILES string of the molecule is CCCNC(=O)c1cccc(CNC(=O)C(CC)N(c2cccc(C#N)c2)S(=O)c2ccc(C)cc2)c1. The van der Waals surface area contributed by atoms with Crippen molar-refractivity contribution in [2.75, 3.05) is 10.8 Å². The van der Waals surface area contributed by atoms with Crippen molar-refractivity contribution in [2.24, 2.45) is 0 Å². The number of benzene rings is 3. The monoisotopic (exact) mass is 516 g/mol. The number of aryl methyl sites for hydroxylation is 1. The van der Waals surface area contributed by atoms with Gasteiger partial charge in [-0.05, 0) is 67.8 Å². The fraction of sp³-hybridized carbons (Fsp3) is 0.276. The van der Waals surface area contributed by atoms with Crippen LogP contribution in [0.3, 0.4) is 0 Å². The second-order valence-electron chi connectivity index (χ2n) is 8.65. The first-order valence-electron chi connectivity index (χ1n) is 12.3. The van der Waals surface area contributed by atoms with Gasteiger partial charge in [0.2, 0.25) is 5.91 Å². The normalized spacial score (nSPS) is 12.2. The van der Waals surface area contributed by atoms with E-state index >= 15 is 0 Å². The third-order valence-electron chi connectivity index (χ3n) is 5.79. The van der Waals surface area contributed by atoms with Gasteiger partial charge in [0, 0.05) is 18.7 Å². The van der Waals surface area contributed by atoms with Gasteiger partial charge < -0.3 is 10.6 Å². The van der Waals surface area contributed by atoms with Crippen LogP contribution in [0.5, 0.6) is 0 Å². The Morgan fingerprint density at radius 3 is 2.41 bits per heavy atom. The van der Waals surface area contributed by atoms with Crippen molar-refractivity contribution >= 4 is 28.5 Å². The quantitative estimate of drug-likeness (QED) is 0.388. The summed E-state index contributed by atoms with van der Waals surface area (Å²) in [7, 11) is -1.69. The lowest BCUT2D eigenvalue weighted by molar-refractivity contribution is -0.122. The maximum Gasteiger partial charge on any atom is 0.251 e. The molecule has 0 bridgehead atoms. The molecule has 0 aliphatic rings. The standard InChI is InChI=1S/C29H32N4O3S/c1-4-16-31-28(34)24-10-6-9-23(17-24)20-32-29(35)27(5-2)33(25-11-7-8-22(18-25)19-30)37(36)26-14-12-21(3)13-15-26/h6-15,17-18,27H,4-5,16,20H2,1-3H3,(H,31,34)(H,32,35). The van der Waals surface area contributed by atoms with E-state index in [1.54, 1.807) is 58.9 Å². The largest absolute Gasteiger partial charge is 0.352 e. The van der Waals surface area contributed by atoms with Gasteiger partial charge in [-0.15, -0.1) is 0 Å². The molecule has 3 aromatic carbocycles. The first kappa shape index (κ1) is 27.6. The molecule has 0 aromatic heterocycles. The highest BCUT2D eigenvalue weighted by Crippen LogP contribution is 2.26. The molecule has 192 valence electrons. The lowest BCUT2D eigenvalue weighted by Gasteiger charge is -2.31. The van der Waals surface area contributed by atoms with E-state index in [0.717, 1.165) is 17.5 Å². The number of amides is 2. The van der Waals surface area contributed by atoms with Crippen LogP contribution >= 0.6 is 0 Å². The number of nitriles is 1. The van der Waals surface area contributed by atoms with Gasteiger partial charge in [0.25, 0.3) is 5.91 Å². The zero-order valence-corrected chi connectivity index (χ0v) is 22.2. The van der Waals surface area contributed by atoms with E-state index in [0.29, 0.717) is 34.7 Å². The van der Waals surface area contributed by atoms with Gasteiger partial charge in [0.15, 0.2) is 11.0 Å². The third-order valence-corrected chi connectivity index (χ3v) is 7.29. The molecule has 2 N–H and O–H groups in total. The first-order chi connectivity index (χ1) is 17.9. The fourth-order valence-electron chi connectivity index (χ4n) is 3.80. The van der Waals surface area contributed by atoms with Gasteiger partial charge in [0.1, 0.15) is 6.04 Å². The molecule has 0 saturated carbocycles. The van der Waals surface area contributed by atoms with Gasteiger partial charge in [-0.25, -0.2) is 4.21 Å². The molecule has 2 atom stereocenters. The van der Waals surface area contributed by atoms with Gasteiger partial charge in [-0.3, -0.25) is 13.9 Å². The van der Waals surface area contributed by atoms with Crippen LogP contribution in [-0.4, -0.2) is 28.6 Å². The van der Waals surface area contributed by atoms with Crippen LogP contribution in [0.2, 0.25) is 0 Å². The number of anilines is 1. The number of carbonyl (C=O) groups is 2. The van der Waals surface area contributed by atoms with Crippen LogP contribution in [-0.2, 0) is 22.3 Å². The molecule has 37 heavy (non-hydrogen) atoms. The van der Waals surface area contributed by atoms with Crippen LogP contribution in [0, 0.1) is 18.3 Å². The van der Waals surface area contributed by atoms with Crippen LogP contribution in [0.1, 0.15) is 53.7 Å². The number of rotatable bonds is 11. The van der Waals surface area contributed by atoms with Gasteiger partial charge >= 0.3 is 0 Å². The highest BCUT2D eigenvalue weighted by molar-refractivity contribution is 7.86. The number of hydrogen-bond acceptors (Lipinski definition) is 4. The molecule has 3 aromatic rings. The first-order valence-corrected chi connectivity index (χ1v) is 13.4. The van der Waals surface area contributed by atoms with Crippen molar-refractivity contribution in [1.82, 2.24) is 10.6 Å². The smallest absolute Gasteiger partial charge is 0.251 e. The molecule has 0 spiro atoms. The fourth-order valence-corrected chi connectivity index (χ4v) is 5.18. The maximum atomic E-state index is 13.8. The van der Waals surface area contributed by atoms with E-state index in [9.17, 15) is 19.1 Å². The molecule has 0 heterocycles. The molecule has 8 heteroatoms. The molecule has 2 unspecified atom stereocenters. The Bertz CT molecular complexity index is 1300. The topological polar surface area (TPSA) is 102 Å². The Labute approximate surface area is 221 Å². The van der Waals surface area contributed by atoms with Crippen LogP contribution < -0.4 is 14.9 Å². The Kier molecular flexibility index (Phi) is 9.99. The van der Waals surface area contributed by atoms with E-state index in [2.05, 4.69) is 16.7 Å². The average Bonchev–Trinajstić information content (AvgIpc) is 2.93. The Morgan fingerprint density at radius 2 is 1.73 bits per heavy atom. The number of nitrogens with one attached hydrogen (secondary N) is 2. The molecular weight excluding hydrogens is 484 g/mol. The zero-order valence-electron chi connectivity index (χ0n) is 21.4. The van der Waals surface area contributed by atoms with Crippen molar-refractivity contribution in [1.29, 1.82) is 5.26 Å². The van der Waals surface area contributed by atoms with Crippen molar-refractivity contribution in [3.05, 3.63) is 95.1 Å². The zero-order chi connectivity index (χ0) is 26.8. The van der Waals surface area contributed by atoms with Gasteiger partial charge in [-0.2, -0.15) is 5.26 Å². The Hall–Kier alpha value is -3.96. The Morgan fingerprint density at radius 1 is 1.00 bits per heavy atom. The van der Waals surface area contributed by atoms with E-state index in [1.165, 1.54) is 0 Å². The predicted octanol–water partition coefficient (Wildman–Crippen LogP) is 4.63. The summed E-state index contributed by atoms with van der Waals surface area (Å²) in [6, 6.07) is 22.6. The van der Waals surface area contributed by atoms with Crippen LogP contribution in [0.4, 0.5) is 5.69 Å². The Balaban J connectivity index is 1.86.